The number of rotatable bonds is 3. The lowest BCUT2D eigenvalue weighted by atomic mass is 9.67. The summed E-state index contributed by atoms with van der Waals surface area (Å²) >= 11 is 0. The number of aliphatic hydroxyl groups is 1. The molecule has 0 heterocycles. The van der Waals surface area contributed by atoms with Crippen molar-refractivity contribution >= 4 is 0 Å². The Balaban J connectivity index is 1.63. The molecule has 0 saturated heterocycles. The lowest BCUT2D eigenvalue weighted by Crippen LogP contribution is -2.55. The molecule has 2 nitrogen and oxygen atoms in total. The van der Waals surface area contributed by atoms with Gasteiger partial charge in [-0.05, 0) is 67.1 Å². The number of hydrogen-bond acceptors (Lipinski definition) is 2. The summed E-state index contributed by atoms with van der Waals surface area (Å²) in [7, 11) is 0. The fourth-order valence-corrected chi connectivity index (χ4v) is 5.67. The molecule has 3 fully saturated rings. The van der Waals surface area contributed by atoms with Gasteiger partial charge in [0.1, 0.15) is 0 Å². The highest BCUT2D eigenvalue weighted by Gasteiger charge is 2.59. The first-order valence-corrected chi connectivity index (χ1v) is 9.02. The van der Waals surface area contributed by atoms with Gasteiger partial charge >= 0.3 is 0 Å². The van der Waals surface area contributed by atoms with Crippen LogP contribution in [0.2, 0.25) is 0 Å². The lowest BCUT2D eigenvalue weighted by Gasteiger charge is -2.46. The van der Waals surface area contributed by atoms with Gasteiger partial charge in [-0.3, -0.25) is 0 Å². The maximum atomic E-state index is 10.9. The van der Waals surface area contributed by atoms with E-state index in [1.807, 2.05) is 0 Å². The maximum absolute atomic E-state index is 10.9. The minimum Gasteiger partial charge on any atom is -0.389 e. The fraction of sp³-hybridized carbons (Fsp3) is 1.00. The Bertz CT molecular complexity index is 399. The van der Waals surface area contributed by atoms with Crippen molar-refractivity contribution in [2.24, 2.45) is 22.2 Å². The van der Waals surface area contributed by atoms with Crippen molar-refractivity contribution < 1.29 is 5.11 Å². The molecule has 3 aliphatic carbocycles. The molecule has 0 spiro atoms. The van der Waals surface area contributed by atoms with Crippen LogP contribution in [-0.4, -0.2) is 23.3 Å². The van der Waals surface area contributed by atoms with Gasteiger partial charge in [-0.2, -0.15) is 0 Å². The van der Waals surface area contributed by atoms with Crippen molar-refractivity contribution in [1.82, 2.24) is 5.32 Å². The van der Waals surface area contributed by atoms with E-state index in [1.54, 1.807) is 0 Å². The first-order valence-electron chi connectivity index (χ1n) is 9.02. The molecule has 0 aliphatic heterocycles. The zero-order valence-corrected chi connectivity index (χ0v) is 14.8. The molecule has 2 bridgehead atoms. The molecule has 0 amide bonds. The quantitative estimate of drug-likeness (QED) is 0.820. The third-order valence-electron chi connectivity index (χ3n) is 7.44. The van der Waals surface area contributed by atoms with E-state index in [0.29, 0.717) is 22.3 Å². The Kier molecular flexibility index (Phi) is 3.54. The van der Waals surface area contributed by atoms with E-state index in [4.69, 9.17) is 0 Å². The summed E-state index contributed by atoms with van der Waals surface area (Å²) in [5.41, 5.74) is 0.795. The molecular weight excluding hydrogens is 258 g/mol. The van der Waals surface area contributed by atoms with E-state index < -0.39 is 5.60 Å². The topological polar surface area (TPSA) is 32.3 Å². The molecule has 3 unspecified atom stereocenters. The highest BCUT2D eigenvalue weighted by molar-refractivity contribution is 5.12. The molecule has 3 atom stereocenters. The Morgan fingerprint density at radius 1 is 0.952 bits per heavy atom. The van der Waals surface area contributed by atoms with Gasteiger partial charge in [0, 0.05) is 12.6 Å². The van der Waals surface area contributed by atoms with Crippen molar-refractivity contribution in [2.75, 3.05) is 6.54 Å². The van der Waals surface area contributed by atoms with Crippen LogP contribution in [0.5, 0.6) is 0 Å². The second-order valence-electron chi connectivity index (χ2n) is 10.1. The van der Waals surface area contributed by atoms with Crippen LogP contribution in [0.1, 0.15) is 79.6 Å². The minimum absolute atomic E-state index is 0.386. The molecule has 3 rings (SSSR count). The smallest absolute Gasteiger partial charge is 0.0772 e. The largest absolute Gasteiger partial charge is 0.389 e. The summed E-state index contributed by atoms with van der Waals surface area (Å²) in [5, 5.41) is 14.8. The standard InChI is InChI=1S/C19H35NO/c1-16(2)8-10-19(21,11-9-16)13-20-15-17(3,4)14-6-7-18(15,5)12-14/h14-15,20-21H,6-13H2,1-5H3. The zero-order chi connectivity index (χ0) is 15.5. The van der Waals surface area contributed by atoms with Crippen LogP contribution >= 0.6 is 0 Å². The first kappa shape index (κ1) is 15.8. The lowest BCUT2D eigenvalue weighted by molar-refractivity contribution is -0.0339. The Hall–Kier alpha value is -0.0800. The second kappa shape index (κ2) is 4.71. The Morgan fingerprint density at radius 2 is 1.57 bits per heavy atom. The molecule has 21 heavy (non-hydrogen) atoms. The SMILES string of the molecule is CC1(C)CCC(O)(CNC2C3(C)CCC(C3)C2(C)C)CC1. The zero-order valence-electron chi connectivity index (χ0n) is 14.8. The van der Waals surface area contributed by atoms with Crippen molar-refractivity contribution in [1.29, 1.82) is 0 Å². The fourth-order valence-electron chi connectivity index (χ4n) is 5.67. The third kappa shape index (κ3) is 2.67. The molecular formula is C19H35NO. The molecule has 2 N–H and O–H groups in total. The number of fused-ring (bicyclic) bond motifs is 2. The Morgan fingerprint density at radius 3 is 2.10 bits per heavy atom. The van der Waals surface area contributed by atoms with Crippen LogP contribution in [0.3, 0.4) is 0 Å². The van der Waals surface area contributed by atoms with E-state index in [2.05, 4.69) is 39.9 Å². The van der Waals surface area contributed by atoms with Crippen molar-refractivity contribution in [3.8, 4) is 0 Å². The van der Waals surface area contributed by atoms with Gasteiger partial charge in [-0.1, -0.05) is 34.6 Å². The second-order valence-corrected chi connectivity index (χ2v) is 10.1. The highest BCUT2D eigenvalue weighted by Crippen LogP contribution is 2.62. The van der Waals surface area contributed by atoms with Gasteiger partial charge in [-0.15, -0.1) is 0 Å². The normalized spacial score (nSPS) is 43.1. The number of nitrogens with one attached hydrogen (secondary N) is 1. The van der Waals surface area contributed by atoms with Gasteiger partial charge in [0.25, 0.3) is 0 Å². The summed E-state index contributed by atoms with van der Waals surface area (Å²) in [5.74, 6) is 0.875. The van der Waals surface area contributed by atoms with Crippen LogP contribution in [0.4, 0.5) is 0 Å². The Labute approximate surface area is 131 Å². The van der Waals surface area contributed by atoms with Gasteiger partial charge in [-0.25, -0.2) is 0 Å². The predicted octanol–water partition coefficient (Wildman–Crippen LogP) is 4.12. The van der Waals surface area contributed by atoms with E-state index in [9.17, 15) is 5.11 Å². The van der Waals surface area contributed by atoms with E-state index in [1.165, 1.54) is 19.3 Å². The molecule has 3 aliphatic rings. The van der Waals surface area contributed by atoms with Gasteiger partial charge in [0.05, 0.1) is 5.60 Å². The molecule has 2 heteroatoms. The van der Waals surface area contributed by atoms with Crippen LogP contribution in [0.15, 0.2) is 0 Å². The molecule has 0 aromatic rings. The summed E-state index contributed by atoms with van der Waals surface area (Å²) < 4.78 is 0. The van der Waals surface area contributed by atoms with Crippen LogP contribution in [0, 0.1) is 22.2 Å². The summed E-state index contributed by atoms with van der Waals surface area (Å²) in [6.45, 7) is 12.8. The third-order valence-corrected chi connectivity index (χ3v) is 7.44. The highest BCUT2D eigenvalue weighted by atomic mass is 16.3. The summed E-state index contributed by atoms with van der Waals surface area (Å²) in [4.78, 5) is 0. The molecule has 0 radical (unpaired) electrons. The summed E-state index contributed by atoms with van der Waals surface area (Å²) in [6.07, 6.45) is 8.37. The predicted molar refractivity (Wildman–Crippen MR) is 88.2 cm³/mol. The van der Waals surface area contributed by atoms with Crippen molar-refractivity contribution in [2.45, 2.75) is 91.2 Å². The molecule has 122 valence electrons. The van der Waals surface area contributed by atoms with Crippen LogP contribution in [0.25, 0.3) is 0 Å². The van der Waals surface area contributed by atoms with Gasteiger partial charge < -0.3 is 10.4 Å². The van der Waals surface area contributed by atoms with Crippen LogP contribution in [-0.2, 0) is 0 Å². The average Bonchev–Trinajstić information content (AvgIpc) is 2.84. The van der Waals surface area contributed by atoms with Gasteiger partial charge in [0.15, 0.2) is 0 Å². The minimum atomic E-state index is -0.468. The van der Waals surface area contributed by atoms with Gasteiger partial charge in [0.2, 0.25) is 0 Å². The maximum Gasteiger partial charge on any atom is 0.0772 e. The molecule has 0 aromatic carbocycles. The average molecular weight is 293 g/mol. The van der Waals surface area contributed by atoms with E-state index in [-0.39, 0.29) is 0 Å². The monoisotopic (exact) mass is 293 g/mol. The molecule has 0 aromatic heterocycles. The summed E-state index contributed by atoms with van der Waals surface area (Å²) in [6, 6.07) is 0.572. The number of hydrogen-bond donors (Lipinski definition) is 2. The van der Waals surface area contributed by atoms with Crippen LogP contribution < -0.4 is 5.32 Å². The molecule has 3 saturated carbocycles. The van der Waals surface area contributed by atoms with Crippen molar-refractivity contribution in [3.05, 3.63) is 0 Å². The van der Waals surface area contributed by atoms with E-state index >= 15 is 0 Å². The van der Waals surface area contributed by atoms with E-state index in [0.717, 1.165) is 38.1 Å². The first-order chi connectivity index (χ1) is 9.57. The van der Waals surface area contributed by atoms with Crippen molar-refractivity contribution in [3.63, 3.8) is 0 Å².